The minimum Gasteiger partial charge on any atom is -0.309 e. The highest BCUT2D eigenvalue weighted by molar-refractivity contribution is 5.94. The van der Waals surface area contributed by atoms with E-state index in [1.165, 1.54) is 0 Å². The topological polar surface area (TPSA) is 75.1 Å². The van der Waals surface area contributed by atoms with E-state index in [4.69, 9.17) is 0 Å². The zero-order chi connectivity index (χ0) is 15.3. The Kier molecular flexibility index (Phi) is 2.75. The van der Waals surface area contributed by atoms with E-state index in [0.717, 1.165) is 16.8 Å². The Hall–Kier alpha value is -2.70. The summed E-state index contributed by atoms with van der Waals surface area (Å²) in [5, 5.41) is 9.71. The van der Waals surface area contributed by atoms with Crippen molar-refractivity contribution in [1.82, 2.24) is 19.6 Å². The summed E-state index contributed by atoms with van der Waals surface area (Å²) in [6.45, 7) is 1.98. The number of carbonyl (C=O) groups excluding carboxylic acids is 1. The van der Waals surface area contributed by atoms with Gasteiger partial charge in [0.25, 0.3) is 0 Å². The number of halogens is 1. The van der Waals surface area contributed by atoms with Crippen molar-refractivity contribution in [2.24, 2.45) is 5.92 Å². The molecule has 112 valence electrons. The van der Waals surface area contributed by atoms with Crippen LogP contribution < -0.4 is 5.32 Å². The number of fused-ring (bicyclic) bond motifs is 1. The first-order valence-electron chi connectivity index (χ1n) is 7.06. The maximum absolute atomic E-state index is 12.9. The van der Waals surface area contributed by atoms with Crippen molar-refractivity contribution >= 4 is 17.4 Å². The van der Waals surface area contributed by atoms with Gasteiger partial charge in [-0.1, -0.05) is 0 Å². The van der Waals surface area contributed by atoms with E-state index in [1.54, 1.807) is 6.20 Å². The number of nitrogens with zero attached hydrogens (tertiary/aromatic N) is 3. The van der Waals surface area contributed by atoms with Crippen LogP contribution in [0.3, 0.4) is 0 Å². The average molecular weight is 299 g/mol. The Morgan fingerprint density at radius 2 is 2.27 bits per heavy atom. The number of carbonyl (C=O) groups is 1. The van der Waals surface area contributed by atoms with Crippen LogP contribution in [0.5, 0.6) is 0 Å². The van der Waals surface area contributed by atoms with Gasteiger partial charge in [-0.3, -0.25) is 9.89 Å². The van der Waals surface area contributed by atoms with Crippen LogP contribution in [0.25, 0.3) is 16.9 Å². The van der Waals surface area contributed by atoms with Gasteiger partial charge in [0.1, 0.15) is 11.8 Å². The summed E-state index contributed by atoms with van der Waals surface area (Å²) in [4.78, 5) is 16.1. The number of nitrogens with one attached hydrogen (secondary N) is 2. The number of imidazole rings is 1. The molecule has 2 atom stereocenters. The van der Waals surface area contributed by atoms with Gasteiger partial charge in [-0.15, -0.1) is 0 Å². The van der Waals surface area contributed by atoms with Gasteiger partial charge in [-0.05, 0) is 31.0 Å². The second kappa shape index (κ2) is 4.66. The van der Waals surface area contributed by atoms with Crippen molar-refractivity contribution in [3.8, 4) is 11.3 Å². The number of hydrogen-bond donors (Lipinski definition) is 2. The maximum atomic E-state index is 12.9. The molecule has 7 heteroatoms. The zero-order valence-corrected chi connectivity index (χ0v) is 11.9. The molecule has 0 bridgehead atoms. The number of aryl methyl sites for hydroxylation is 1. The molecule has 1 aliphatic carbocycles. The first kappa shape index (κ1) is 13.0. The van der Waals surface area contributed by atoms with Crippen LogP contribution >= 0.6 is 0 Å². The molecule has 3 aromatic heterocycles. The fourth-order valence-corrected chi connectivity index (χ4v) is 2.49. The van der Waals surface area contributed by atoms with Crippen LogP contribution in [0, 0.1) is 12.8 Å². The summed E-state index contributed by atoms with van der Waals surface area (Å²) in [5.41, 5.74) is 3.59. The lowest BCUT2D eigenvalue weighted by atomic mass is 10.1. The van der Waals surface area contributed by atoms with Crippen LogP contribution in [-0.4, -0.2) is 31.7 Å². The standard InChI is InChI=1S/C15H14FN5O/c1-8-5-17-20-14(8)9-2-3-13-18-12(7-21(13)6-9)19-15(22)10-4-11(10)16/h2-3,5-7,10-11H,4H2,1H3,(H,17,20)(H,19,22)/t10-,11+/m1/s1. The summed E-state index contributed by atoms with van der Waals surface area (Å²) < 4.78 is 14.7. The van der Waals surface area contributed by atoms with Gasteiger partial charge in [0.15, 0.2) is 5.82 Å². The van der Waals surface area contributed by atoms with Crippen molar-refractivity contribution in [2.75, 3.05) is 5.32 Å². The van der Waals surface area contributed by atoms with E-state index in [-0.39, 0.29) is 5.91 Å². The highest BCUT2D eigenvalue weighted by Gasteiger charge is 2.43. The van der Waals surface area contributed by atoms with E-state index >= 15 is 0 Å². The van der Waals surface area contributed by atoms with E-state index in [2.05, 4.69) is 20.5 Å². The van der Waals surface area contributed by atoms with Gasteiger partial charge in [0.2, 0.25) is 5.91 Å². The van der Waals surface area contributed by atoms with Crippen molar-refractivity contribution in [3.63, 3.8) is 0 Å². The molecule has 2 N–H and O–H groups in total. The summed E-state index contributed by atoms with van der Waals surface area (Å²) in [6, 6.07) is 3.78. The van der Waals surface area contributed by atoms with E-state index in [0.29, 0.717) is 17.9 Å². The van der Waals surface area contributed by atoms with Crippen molar-refractivity contribution in [3.05, 3.63) is 36.3 Å². The lowest BCUT2D eigenvalue weighted by Gasteiger charge is -1.99. The SMILES string of the molecule is Cc1c[nH]nc1-c1ccc2nc(NC(=O)[C@@H]3C[C@@H]3F)cn2c1. The minimum absolute atomic E-state index is 0.306. The summed E-state index contributed by atoms with van der Waals surface area (Å²) >= 11 is 0. The van der Waals surface area contributed by atoms with Gasteiger partial charge in [0.05, 0.1) is 17.8 Å². The molecule has 3 heterocycles. The normalized spacial score (nSPS) is 20.3. The van der Waals surface area contributed by atoms with Gasteiger partial charge < -0.3 is 9.72 Å². The fourth-order valence-electron chi connectivity index (χ4n) is 2.49. The number of amides is 1. The van der Waals surface area contributed by atoms with E-state index in [9.17, 15) is 9.18 Å². The second-order valence-electron chi connectivity index (χ2n) is 5.57. The first-order valence-corrected chi connectivity index (χ1v) is 7.06. The van der Waals surface area contributed by atoms with Crippen LogP contribution in [0.2, 0.25) is 0 Å². The third-order valence-electron chi connectivity index (χ3n) is 3.86. The summed E-state index contributed by atoms with van der Waals surface area (Å²) in [7, 11) is 0. The van der Waals surface area contributed by atoms with Crippen molar-refractivity contribution in [1.29, 1.82) is 0 Å². The number of hydrogen-bond acceptors (Lipinski definition) is 3. The third-order valence-corrected chi connectivity index (χ3v) is 3.86. The first-order chi connectivity index (χ1) is 10.6. The Morgan fingerprint density at radius 1 is 1.45 bits per heavy atom. The molecule has 0 saturated heterocycles. The Bertz CT molecular complexity index is 868. The predicted molar refractivity (Wildman–Crippen MR) is 79.1 cm³/mol. The van der Waals surface area contributed by atoms with Crippen LogP contribution in [-0.2, 0) is 4.79 Å². The van der Waals surface area contributed by atoms with Gasteiger partial charge in [-0.25, -0.2) is 9.37 Å². The number of alkyl halides is 1. The number of aromatic amines is 1. The molecular weight excluding hydrogens is 285 g/mol. The lowest BCUT2D eigenvalue weighted by molar-refractivity contribution is -0.117. The Balaban J connectivity index is 1.63. The molecular formula is C15H14FN5O. The van der Waals surface area contributed by atoms with E-state index in [1.807, 2.05) is 35.9 Å². The van der Waals surface area contributed by atoms with Crippen LogP contribution in [0.1, 0.15) is 12.0 Å². The highest BCUT2D eigenvalue weighted by Crippen LogP contribution is 2.34. The Labute approximate surface area is 125 Å². The molecule has 22 heavy (non-hydrogen) atoms. The van der Waals surface area contributed by atoms with Crippen LogP contribution in [0.15, 0.2) is 30.7 Å². The number of pyridine rings is 1. The average Bonchev–Trinajstić information content (AvgIpc) is 2.90. The van der Waals surface area contributed by atoms with Crippen molar-refractivity contribution in [2.45, 2.75) is 19.5 Å². The monoisotopic (exact) mass is 299 g/mol. The fraction of sp³-hybridized carbons (Fsp3) is 0.267. The molecule has 3 aromatic rings. The van der Waals surface area contributed by atoms with Crippen LogP contribution in [0.4, 0.5) is 10.2 Å². The molecule has 6 nitrogen and oxygen atoms in total. The largest absolute Gasteiger partial charge is 0.309 e. The number of rotatable bonds is 3. The summed E-state index contributed by atoms with van der Waals surface area (Å²) in [5.74, 6) is -0.397. The smallest absolute Gasteiger partial charge is 0.231 e. The molecule has 0 aromatic carbocycles. The predicted octanol–water partition coefficient (Wildman–Crippen LogP) is 2.33. The quantitative estimate of drug-likeness (QED) is 0.779. The molecule has 1 aliphatic rings. The third kappa shape index (κ3) is 2.14. The highest BCUT2D eigenvalue weighted by atomic mass is 19.1. The molecule has 4 rings (SSSR count). The lowest BCUT2D eigenvalue weighted by Crippen LogP contribution is -2.15. The van der Waals surface area contributed by atoms with E-state index < -0.39 is 12.1 Å². The zero-order valence-electron chi connectivity index (χ0n) is 11.9. The van der Waals surface area contributed by atoms with Crippen molar-refractivity contribution < 1.29 is 9.18 Å². The molecule has 1 saturated carbocycles. The van der Waals surface area contributed by atoms with Gasteiger partial charge in [-0.2, -0.15) is 5.10 Å². The maximum Gasteiger partial charge on any atom is 0.231 e. The number of H-pyrrole nitrogens is 1. The number of anilines is 1. The minimum atomic E-state index is -1.01. The van der Waals surface area contributed by atoms with Gasteiger partial charge in [0, 0.05) is 18.0 Å². The molecule has 0 aliphatic heterocycles. The molecule has 0 spiro atoms. The second-order valence-corrected chi connectivity index (χ2v) is 5.57. The van der Waals surface area contributed by atoms with Gasteiger partial charge >= 0.3 is 0 Å². The molecule has 1 amide bonds. The molecule has 1 fully saturated rings. The number of aromatic nitrogens is 4. The summed E-state index contributed by atoms with van der Waals surface area (Å²) in [6.07, 6.45) is 4.75. The Morgan fingerprint density at radius 3 is 2.95 bits per heavy atom. The molecule has 0 unspecified atom stereocenters. The molecule has 0 radical (unpaired) electrons.